The zero-order valence-corrected chi connectivity index (χ0v) is 8.45. The van der Waals surface area contributed by atoms with Gasteiger partial charge in [-0.3, -0.25) is 0 Å². The molecule has 0 aromatic carbocycles. The zero-order valence-electron chi connectivity index (χ0n) is 8.45. The highest BCUT2D eigenvalue weighted by molar-refractivity contribution is 4.78. The van der Waals surface area contributed by atoms with E-state index in [1.807, 2.05) is 0 Å². The van der Waals surface area contributed by atoms with Gasteiger partial charge in [0.1, 0.15) is 0 Å². The number of rotatable bonds is 3. The predicted octanol–water partition coefficient (Wildman–Crippen LogP) is 2.81. The standard InChI is InChI=1S/C10H19F2N/c1-8(2)13-7-9-3-5-10(11,12)6-4-9/h8-9,13H,3-7H2,1-2H3. The van der Waals surface area contributed by atoms with Crippen LogP contribution < -0.4 is 5.32 Å². The molecule has 0 aromatic heterocycles. The minimum Gasteiger partial charge on any atom is -0.314 e. The summed E-state index contributed by atoms with van der Waals surface area (Å²) in [6.45, 7) is 5.06. The van der Waals surface area contributed by atoms with Gasteiger partial charge in [-0.25, -0.2) is 8.78 Å². The van der Waals surface area contributed by atoms with Crippen LogP contribution in [-0.2, 0) is 0 Å². The van der Waals surface area contributed by atoms with Crippen molar-refractivity contribution in [3.63, 3.8) is 0 Å². The van der Waals surface area contributed by atoms with E-state index in [4.69, 9.17) is 0 Å². The maximum absolute atomic E-state index is 12.8. The molecule has 1 aliphatic rings. The van der Waals surface area contributed by atoms with Gasteiger partial charge in [0.15, 0.2) is 0 Å². The molecular weight excluding hydrogens is 172 g/mol. The molecule has 1 nitrogen and oxygen atoms in total. The lowest BCUT2D eigenvalue weighted by atomic mass is 9.87. The van der Waals surface area contributed by atoms with E-state index in [-0.39, 0.29) is 12.8 Å². The number of hydrogen-bond acceptors (Lipinski definition) is 1. The molecular formula is C10H19F2N. The first-order valence-electron chi connectivity index (χ1n) is 5.11. The van der Waals surface area contributed by atoms with E-state index < -0.39 is 5.92 Å². The molecule has 13 heavy (non-hydrogen) atoms. The average molecular weight is 191 g/mol. The molecule has 1 N–H and O–H groups in total. The zero-order chi connectivity index (χ0) is 9.90. The summed E-state index contributed by atoms with van der Waals surface area (Å²) in [7, 11) is 0. The van der Waals surface area contributed by atoms with Crippen molar-refractivity contribution in [2.24, 2.45) is 5.92 Å². The van der Waals surface area contributed by atoms with Gasteiger partial charge in [0.25, 0.3) is 0 Å². The molecule has 78 valence electrons. The van der Waals surface area contributed by atoms with Gasteiger partial charge < -0.3 is 5.32 Å². The van der Waals surface area contributed by atoms with Crippen molar-refractivity contribution in [1.82, 2.24) is 5.32 Å². The molecule has 1 rings (SSSR count). The second-order valence-electron chi connectivity index (χ2n) is 4.36. The Kier molecular flexibility index (Phi) is 3.65. The van der Waals surface area contributed by atoms with Crippen LogP contribution in [0.2, 0.25) is 0 Å². The first-order valence-corrected chi connectivity index (χ1v) is 5.11. The van der Waals surface area contributed by atoms with Crippen molar-refractivity contribution in [2.75, 3.05) is 6.54 Å². The van der Waals surface area contributed by atoms with Crippen LogP contribution in [-0.4, -0.2) is 18.5 Å². The van der Waals surface area contributed by atoms with Crippen molar-refractivity contribution < 1.29 is 8.78 Å². The first kappa shape index (κ1) is 10.9. The van der Waals surface area contributed by atoms with Gasteiger partial charge in [-0.15, -0.1) is 0 Å². The molecule has 0 atom stereocenters. The fourth-order valence-electron chi connectivity index (χ4n) is 1.71. The molecule has 0 aliphatic heterocycles. The van der Waals surface area contributed by atoms with E-state index in [9.17, 15) is 8.78 Å². The SMILES string of the molecule is CC(C)NCC1CCC(F)(F)CC1. The van der Waals surface area contributed by atoms with Crippen LogP contribution >= 0.6 is 0 Å². The average Bonchev–Trinajstić information content (AvgIpc) is 2.02. The third-order valence-corrected chi connectivity index (χ3v) is 2.65. The topological polar surface area (TPSA) is 12.0 Å². The number of hydrogen-bond donors (Lipinski definition) is 1. The Bertz CT molecular complexity index is 144. The molecule has 3 heteroatoms. The van der Waals surface area contributed by atoms with E-state index in [1.54, 1.807) is 0 Å². The number of halogens is 2. The van der Waals surface area contributed by atoms with Crippen molar-refractivity contribution in [3.05, 3.63) is 0 Å². The fraction of sp³-hybridized carbons (Fsp3) is 1.00. The van der Waals surface area contributed by atoms with Gasteiger partial charge in [-0.1, -0.05) is 13.8 Å². The summed E-state index contributed by atoms with van der Waals surface area (Å²) in [5.41, 5.74) is 0. The highest BCUT2D eigenvalue weighted by Crippen LogP contribution is 2.35. The Morgan fingerprint density at radius 2 is 1.85 bits per heavy atom. The quantitative estimate of drug-likeness (QED) is 0.723. The lowest BCUT2D eigenvalue weighted by Crippen LogP contribution is -2.33. The summed E-state index contributed by atoms with van der Waals surface area (Å²) >= 11 is 0. The van der Waals surface area contributed by atoms with Crippen LogP contribution in [0, 0.1) is 5.92 Å². The van der Waals surface area contributed by atoms with E-state index in [1.165, 1.54) is 0 Å². The highest BCUT2D eigenvalue weighted by Gasteiger charge is 2.34. The van der Waals surface area contributed by atoms with Crippen molar-refractivity contribution in [2.45, 2.75) is 51.5 Å². The fourth-order valence-corrected chi connectivity index (χ4v) is 1.71. The lowest BCUT2D eigenvalue weighted by Gasteiger charge is -2.28. The number of nitrogens with one attached hydrogen (secondary N) is 1. The van der Waals surface area contributed by atoms with E-state index in [0.717, 1.165) is 6.54 Å². The second-order valence-corrected chi connectivity index (χ2v) is 4.36. The molecule has 0 spiro atoms. The molecule has 1 fully saturated rings. The van der Waals surface area contributed by atoms with Crippen molar-refractivity contribution in [3.8, 4) is 0 Å². The maximum atomic E-state index is 12.8. The van der Waals surface area contributed by atoms with Crippen LogP contribution in [0.4, 0.5) is 8.78 Å². The van der Waals surface area contributed by atoms with Crippen LogP contribution in [0.1, 0.15) is 39.5 Å². The summed E-state index contributed by atoms with van der Waals surface area (Å²) in [4.78, 5) is 0. The van der Waals surface area contributed by atoms with Gasteiger partial charge in [0, 0.05) is 18.9 Å². The van der Waals surface area contributed by atoms with Crippen LogP contribution in [0.15, 0.2) is 0 Å². The van der Waals surface area contributed by atoms with Crippen LogP contribution in [0.25, 0.3) is 0 Å². The molecule has 0 bridgehead atoms. The molecule has 0 amide bonds. The van der Waals surface area contributed by atoms with Gasteiger partial charge in [-0.2, -0.15) is 0 Å². The Balaban J connectivity index is 2.18. The summed E-state index contributed by atoms with van der Waals surface area (Å²) in [5.74, 6) is -1.92. The van der Waals surface area contributed by atoms with Crippen LogP contribution in [0.5, 0.6) is 0 Å². The highest BCUT2D eigenvalue weighted by atomic mass is 19.3. The lowest BCUT2D eigenvalue weighted by molar-refractivity contribution is -0.0455. The minimum atomic E-state index is -2.38. The predicted molar refractivity (Wildman–Crippen MR) is 50.0 cm³/mol. The molecule has 0 radical (unpaired) electrons. The Morgan fingerprint density at radius 1 is 1.31 bits per heavy atom. The smallest absolute Gasteiger partial charge is 0.248 e. The molecule has 0 unspecified atom stereocenters. The molecule has 0 saturated heterocycles. The summed E-state index contributed by atoms with van der Waals surface area (Å²) < 4.78 is 25.5. The maximum Gasteiger partial charge on any atom is 0.248 e. The van der Waals surface area contributed by atoms with Gasteiger partial charge in [0.2, 0.25) is 5.92 Å². The normalized spacial score (nSPS) is 23.8. The summed E-state index contributed by atoms with van der Waals surface area (Å²) in [6, 6.07) is 0.461. The Labute approximate surface area is 78.9 Å². The third-order valence-electron chi connectivity index (χ3n) is 2.65. The van der Waals surface area contributed by atoms with E-state index in [2.05, 4.69) is 19.2 Å². The summed E-state index contributed by atoms with van der Waals surface area (Å²) in [6.07, 6.45) is 1.51. The third kappa shape index (κ3) is 4.03. The van der Waals surface area contributed by atoms with E-state index >= 15 is 0 Å². The summed E-state index contributed by atoms with van der Waals surface area (Å²) in [5, 5.41) is 3.30. The van der Waals surface area contributed by atoms with Gasteiger partial charge in [-0.05, 0) is 25.3 Å². The first-order chi connectivity index (χ1) is 5.99. The Morgan fingerprint density at radius 3 is 2.31 bits per heavy atom. The monoisotopic (exact) mass is 191 g/mol. The van der Waals surface area contributed by atoms with Crippen molar-refractivity contribution in [1.29, 1.82) is 0 Å². The molecule has 0 aromatic rings. The Hall–Kier alpha value is -0.180. The van der Waals surface area contributed by atoms with Crippen molar-refractivity contribution >= 4 is 0 Å². The second kappa shape index (κ2) is 4.36. The van der Waals surface area contributed by atoms with Crippen LogP contribution in [0.3, 0.4) is 0 Å². The van der Waals surface area contributed by atoms with Gasteiger partial charge >= 0.3 is 0 Å². The van der Waals surface area contributed by atoms with Gasteiger partial charge in [0.05, 0.1) is 0 Å². The molecule has 0 heterocycles. The molecule has 1 saturated carbocycles. The number of alkyl halides is 2. The minimum absolute atomic E-state index is 0.0808. The molecule has 1 aliphatic carbocycles. The largest absolute Gasteiger partial charge is 0.314 e. The van der Waals surface area contributed by atoms with E-state index in [0.29, 0.717) is 24.8 Å².